The second-order valence-corrected chi connectivity index (χ2v) is 8.63. The zero-order chi connectivity index (χ0) is 23.0. The normalized spacial score (nSPS) is 19.1. The molecule has 2 aliphatic heterocycles. The third kappa shape index (κ3) is 3.25. The molecule has 3 aromatic carbocycles. The lowest BCUT2D eigenvalue weighted by molar-refractivity contribution is -0.132. The molecule has 0 N–H and O–H groups in total. The molecule has 0 radical (unpaired) electrons. The highest BCUT2D eigenvalue weighted by molar-refractivity contribution is 8.16. The van der Waals surface area contributed by atoms with Gasteiger partial charge in [0.25, 0.3) is 0 Å². The van der Waals surface area contributed by atoms with Crippen LogP contribution in [0, 0.1) is 0 Å². The molecule has 1 unspecified atom stereocenters. The van der Waals surface area contributed by atoms with Gasteiger partial charge in [0, 0.05) is 11.1 Å². The molecule has 2 aliphatic rings. The highest BCUT2D eigenvalue weighted by Crippen LogP contribution is 2.55. The monoisotopic (exact) mass is 458 g/mol. The van der Waals surface area contributed by atoms with Crippen molar-refractivity contribution >= 4 is 39.9 Å². The number of hydrazone groups is 2. The number of carbonyl (C=O) groups is 1. The van der Waals surface area contributed by atoms with E-state index in [0.29, 0.717) is 11.4 Å². The number of para-hydroxylation sites is 3. The van der Waals surface area contributed by atoms with Gasteiger partial charge in [0.2, 0.25) is 10.0 Å². The summed E-state index contributed by atoms with van der Waals surface area (Å²) in [5.41, 5.74) is 4.38. The molecule has 7 nitrogen and oxygen atoms in total. The minimum Gasteiger partial charge on any atom is -0.495 e. The first-order valence-electron chi connectivity index (χ1n) is 10.4. The molecule has 8 heteroatoms. The summed E-state index contributed by atoms with van der Waals surface area (Å²) in [7, 11) is 2.97. The number of hydrogen-bond donors (Lipinski definition) is 0. The highest BCUT2D eigenvalue weighted by Gasteiger charge is 2.56. The van der Waals surface area contributed by atoms with E-state index in [9.17, 15) is 4.79 Å². The molecule has 0 aliphatic carbocycles. The SMILES string of the molecule is COC(=O)C1=NN(c2ccccc2OC)C2(S1)c1ccccc1C(C)=NN2c1ccccc1. The van der Waals surface area contributed by atoms with Crippen LogP contribution in [0.3, 0.4) is 0 Å². The number of fused-ring (bicyclic) bond motifs is 2. The lowest BCUT2D eigenvalue weighted by Gasteiger charge is -2.46. The van der Waals surface area contributed by atoms with Crippen LogP contribution < -0.4 is 14.8 Å². The van der Waals surface area contributed by atoms with Crippen molar-refractivity contribution < 1.29 is 14.3 Å². The van der Waals surface area contributed by atoms with E-state index in [1.54, 1.807) is 7.11 Å². The predicted molar refractivity (Wildman–Crippen MR) is 132 cm³/mol. The molecule has 166 valence electrons. The maximum Gasteiger partial charge on any atom is 0.365 e. The number of esters is 1. The summed E-state index contributed by atoms with van der Waals surface area (Å²) in [6.45, 7) is 1.98. The summed E-state index contributed by atoms with van der Waals surface area (Å²) in [6.07, 6.45) is 0. The Morgan fingerprint density at radius 3 is 2.33 bits per heavy atom. The molecular weight excluding hydrogens is 436 g/mol. The van der Waals surface area contributed by atoms with Crippen LogP contribution in [0.5, 0.6) is 5.75 Å². The van der Waals surface area contributed by atoms with Crippen molar-refractivity contribution in [2.24, 2.45) is 10.2 Å². The summed E-state index contributed by atoms with van der Waals surface area (Å²) in [6, 6.07) is 25.5. The predicted octanol–water partition coefficient (Wildman–Crippen LogP) is 4.79. The molecule has 33 heavy (non-hydrogen) atoms. The number of methoxy groups -OCH3 is 2. The van der Waals surface area contributed by atoms with Gasteiger partial charge >= 0.3 is 5.97 Å². The molecule has 0 amide bonds. The maximum atomic E-state index is 12.7. The molecule has 1 spiro atoms. The van der Waals surface area contributed by atoms with Crippen molar-refractivity contribution in [3.05, 3.63) is 90.0 Å². The van der Waals surface area contributed by atoms with Crippen LogP contribution in [0.25, 0.3) is 0 Å². The number of ether oxygens (including phenoxy) is 2. The Hall–Kier alpha value is -3.78. The first kappa shape index (κ1) is 21.1. The van der Waals surface area contributed by atoms with Gasteiger partial charge in [0.15, 0.2) is 0 Å². The van der Waals surface area contributed by atoms with Crippen LogP contribution in [0.15, 0.2) is 89.1 Å². The third-order valence-electron chi connectivity index (χ3n) is 5.60. The van der Waals surface area contributed by atoms with Crippen LogP contribution in [0.2, 0.25) is 0 Å². The van der Waals surface area contributed by atoms with Gasteiger partial charge in [-0.1, -0.05) is 54.6 Å². The van der Waals surface area contributed by atoms with Gasteiger partial charge < -0.3 is 9.47 Å². The number of benzene rings is 3. The van der Waals surface area contributed by atoms with Crippen LogP contribution in [0.1, 0.15) is 18.1 Å². The summed E-state index contributed by atoms with van der Waals surface area (Å²) in [5, 5.41) is 13.7. The van der Waals surface area contributed by atoms with Crippen molar-refractivity contribution in [1.29, 1.82) is 0 Å². The van der Waals surface area contributed by atoms with Crippen LogP contribution in [-0.2, 0) is 14.5 Å². The number of nitrogens with zero attached hydrogens (tertiary/aromatic N) is 4. The second-order valence-electron chi connectivity index (χ2n) is 7.47. The summed E-state index contributed by atoms with van der Waals surface area (Å²) in [4.78, 5) is 11.7. The van der Waals surface area contributed by atoms with Gasteiger partial charge in [-0.2, -0.15) is 10.2 Å². The Kier molecular flexibility index (Phi) is 5.30. The molecule has 0 saturated heterocycles. The number of thioether (sulfide) groups is 1. The van der Waals surface area contributed by atoms with Gasteiger partial charge in [-0.3, -0.25) is 0 Å². The van der Waals surface area contributed by atoms with Crippen LogP contribution >= 0.6 is 11.8 Å². The lowest BCUT2D eigenvalue weighted by atomic mass is 9.98. The molecule has 0 aromatic heterocycles. The minimum absolute atomic E-state index is 0.230. The Labute approximate surface area is 196 Å². The van der Waals surface area contributed by atoms with E-state index in [0.717, 1.165) is 22.5 Å². The summed E-state index contributed by atoms with van der Waals surface area (Å²) in [5.74, 6) is 0.123. The Bertz CT molecular complexity index is 1280. The van der Waals surface area contributed by atoms with Gasteiger partial charge in [-0.25, -0.2) is 14.8 Å². The van der Waals surface area contributed by atoms with Crippen molar-refractivity contribution in [3.63, 3.8) is 0 Å². The average molecular weight is 459 g/mol. The molecule has 0 bridgehead atoms. The van der Waals surface area contributed by atoms with Crippen molar-refractivity contribution in [2.45, 2.75) is 11.9 Å². The smallest absolute Gasteiger partial charge is 0.365 e. The fourth-order valence-electron chi connectivity index (χ4n) is 4.12. The largest absolute Gasteiger partial charge is 0.495 e. The Morgan fingerprint density at radius 2 is 1.58 bits per heavy atom. The second kappa shape index (κ2) is 8.29. The van der Waals surface area contributed by atoms with E-state index in [1.807, 2.05) is 89.7 Å². The van der Waals surface area contributed by atoms with E-state index in [1.165, 1.54) is 18.9 Å². The number of carbonyl (C=O) groups excluding carboxylic acids is 1. The van der Waals surface area contributed by atoms with E-state index < -0.39 is 11.0 Å². The first-order valence-corrected chi connectivity index (χ1v) is 11.2. The minimum atomic E-state index is -1.02. The average Bonchev–Trinajstić information content (AvgIpc) is 3.27. The Balaban J connectivity index is 1.83. The first-order chi connectivity index (χ1) is 16.1. The quantitative estimate of drug-likeness (QED) is 0.524. The van der Waals surface area contributed by atoms with E-state index in [2.05, 4.69) is 6.07 Å². The van der Waals surface area contributed by atoms with Gasteiger partial charge in [0.1, 0.15) is 11.4 Å². The van der Waals surface area contributed by atoms with Gasteiger partial charge in [-0.05, 0) is 43.0 Å². The van der Waals surface area contributed by atoms with E-state index in [-0.39, 0.29) is 5.04 Å². The zero-order valence-corrected chi connectivity index (χ0v) is 19.2. The van der Waals surface area contributed by atoms with E-state index in [4.69, 9.17) is 19.7 Å². The van der Waals surface area contributed by atoms with Crippen molar-refractivity contribution in [1.82, 2.24) is 0 Å². The van der Waals surface area contributed by atoms with E-state index >= 15 is 0 Å². The van der Waals surface area contributed by atoms with Crippen molar-refractivity contribution in [2.75, 3.05) is 24.2 Å². The standard InChI is InChI=1S/C25H22N4O3S/c1-17-19-13-7-8-14-20(19)25(28(26-17)18-11-5-4-6-12-18)29(27-23(33-25)24(30)32-3)21-15-9-10-16-22(21)31-2/h4-16H,1-3H3. The Morgan fingerprint density at radius 1 is 0.879 bits per heavy atom. The summed E-state index contributed by atoms with van der Waals surface area (Å²) < 4.78 is 10.7. The summed E-state index contributed by atoms with van der Waals surface area (Å²) >= 11 is 1.30. The molecule has 0 fully saturated rings. The maximum absolute atomic E-state index is 12.7. The molecule has 2 heterocycles. The zero-order valence-electron chi connectivity index (χ0n) is 18.4. The molecule has 5 rings (SSSR count). The number of rotatable bonds is 4. The van der Waals surface area contributed by atoms with Crippen LogP contribution in [-0.4, -0.2) is 30.9 Å². The van der Waals surface area contributed by atoms with Crippen LogP contribution in [0.4, 0.5) is 11.4 Å². The highest BCUT2D eigenvalue weighted by atomic mass is 32.2. The molecular formula is C25H22N4O3S. The fraction of sp³-hybridized carbons (Fsp3) is 0.160. The van der Waals surface area contributed by atoms with Crippen molar-refractivity contribution in [3.8, 4) is 5.75 Å². The fourth-order valence-corrected chi connectivity index (χ4v) is 5.43. The molecule has 0 saturated carbocycles. The van der Waals surface area contributed by atoms with Gasteiger partial charge in [0.05, 0.1) is 25.6 Å². The molecule has 1 atom stereocenters. The third-order valence-corrected chi connectivity index (χ3v) is 6.89. The van der Waals surface area contributed by atoms with Gasteiger partial charge in [-0.15, -0.1) is 0 Å². The number of hydrogen-bond acceptors (Lipinski definition) is 8. The lowest BCUT2D eigenvalue weighted by Crippen LogP contribution is -2.53. The topological polar surface area (TPSA) is 66.7 Å². The number of anilines is 2. The molecule has 3 aromatic rings.